The Morgan fingerprint density at radius 1 is 1.21 bits per heavy atom. The molecule has 1 aliphatic heterocycles. The lowest BCUT2D eigenvalue weighted by molar-refractivity contribution is -0.123. The lowest BCUT2D eigenvalue weighted by atomic mass is 10.1. The maximum absolute atomic E-state index is 13.0. The summed E-state index contributed by atoms with van der Waals surface area (Å²) in [6, 6.07) is 14.3. The monoisotopic (exact) mass is 414 g/mol. The number of para-hydroxylation sites is 2. The van der Waals surface area contributed by atoms with Crippen LogP contribution in [0.25, 0.3) is 6.08 Å². The molecule has 0 fully saturated rings. The third kappa shape index (κ3) is 5.37. The van der Waals surface area contributed by atoms with Crippen molar-refractivity contribution >= 4 is 35.2 Å². The van der Waals surface area contributed by atoms with Crippen LogP contribution in [0, 0.1) is 0 Å². The first kappa shape index (κ1) is 20.9. The Hall–Kier alpha value is -2.83. The number of benzene rings is 2. The second-order valence-electron chi connectivity index (χ2n) is 6.39. The number of nitrogens with one attached hydrogen (secondary N) is 1. The van der Waals surface area contributed by atoms with Gasteiger partial charge in [0.2, 0.25) is 5.91 Å². The zero-order valence-corrected chi connectivity index (χ0v) is 16.9. The van der Waals surface area contributed by atoms with Gasteiger partial charge in [-0.05, 0) is 43.2 Å². The van der Waals surface area contributed by atoms with E-state index in [4.69, 9.17) is 21.1 Å². The van der Waals surface area contributed by atoms with Crippen LogP contribution in [0.2, 0.25) is 5.02 Å². The zero-order chi connectivity index (χ0) is 20.6. The minimum absolute atomic E-state index is 0.103. The Morgan fingerprint density at radius 2 is 1.97 bits per heavy atom. The highest BCUT2D eigenvalue weighted by Gasteiger charge is 2.31. The van der Waals surface area contributed by atoms with Crippen molar-refractivity contribution in [2.24, 2.45) is 0 Å². The minimum atomic E-state index is -0.395. The number of amides is 2. The predicted molar refractivity (Wildman–Crippen MR) is 113 cm³/mol. The van der Waals surface area contributed by atoms with Crippen LogP contribution in [0.15, 0.2) is 54.3 Å². The summed E-state index contributed by atoms with van der Waals surface area (Å²) in [5.74, 6) is -0.0211. The van der Waals surface area contributed by atoms with Gasteiger partial charge in [0, 0.05) is 24.8 Å². The van der Waals surface area contributed by atoms with Gasteiger partial charge < -0.3 is 14.8 Å². The summed E-state index contributed by atoms with van der Waals surface area (Å²) in [6.07, 6.45) is 2.30. The van der Waals surface area contributed by atoms with Crippen LogP contribution in [-0.4, -0.2) is 38.1 Å². The number of hydrogen-bond donors (Lipinski definition) is 1. The first-order chi connectivity index (χ1) is 14.1. The van der Waals surface area contributed by atoms with E-state index in [2.05, 4.69) is 5.32 Å². The number of hydrogen-bond acceptors (Lipinski definition) is 4. The molecule has 0 atom stereocenters. The molecule has 0 bridgehead atoms. The number of fused-ring (bicyclic) bond motifs is 1. The molecule has 2 aromatic carbocycles. The predicted octanol–water partition coefficient (Wildman–Crippen LogP) is 3.65. The van der Waals surface area contributed by atoms with Gasteiger partial charge in [0.15, 0.2) is 11.5 Å². The van der Waals surface area contributed by atoms with Crippen molar-refractivity contribution in [2.75, 3.05) is 31.2 Å². The van der Waals surface area contributed by atoms with Crippen molar-refractivity contribution in [2.45, 2.75) is 13.3 Å². The van der Waals surface area contributed by atoms with Crippen LogP contribution in [0.5, 0.6) is 5.75 Å². The van der Waals surface area contributed by atoms with Crippen molar-refractivity contribution in [3.8, 4) is 5.75 Å². The molecule has 2 aromatic rings. The van der Waals surface area contributed by atoms with E-state index in [-0.39, 0.29) is 18.2 Å². The summed E-state index contributed by atoms with van der Waals surface area (Å²) in [5, 5.41) is 3.33. The van der Waals surface area contributed by atoms with Gasteiger partial charge in [0.05, 0.1) is 5.69 Å². The van der Waals surface area contributed by atoms with E-state index in [9.17, 15) is 9.59 Å². The van der Waals surface area contributed by atoms with Crippen molar-refractivity contribution < 1.29 is 19.1 Å². The van der Waals surface area contributed by atoms with Crippen LogP contribution in [0.1, 0.15) is 18.9 Å². The molecule has 1 aliphatic rings. The van der Waals surface area contributed by atoms with Crippen LogP contribution in [0.3, 0.4) is 0 Å². The van der Waals surface area contributed by atoms with Gasteiger partial charge in [0.25, 0.3) is 5.91 Å². The minimum Gasteiger partial charge on any atom is -0.449 e. The van der Waals surface area contributed by atoms with Crippen LogP contribution < -0.4 is 15.0 Å². The van der Waals surface area contributed by atoms with Gasteiger partial charge >= 0.3 is 0 Å². The Kier molecular flexibility index (Phi) is 7.27. The number of rotatable bonds is 8. The van der Waals surface area contributed by atoms with Gasteiger partial charge in [-0.25, -0.2) is 0 Å². The highest BCUT2D eigenvalue weighted by Crippen LogP contribution is 2.35. The van der Waals surface area contributed by atoms with Crippen LogP contribution in [0.4, 0.5) is 5.69 Å². The second-order valence-corrected chi connectivity index (χ2v) is 6.80. The first-order valence-corrected chi connectivity index (χ1v) is 9.87. The normalized spacial score (nSPS) is 14.5. The largest absolute Gasteiger partial charge is 0.449 e. The molecule has 2 amide bonds. The Bertz CT molecular complexity index is 913. The number of carbonyl (C=O) groups is 2. The summed E-state index contributed by atoms with van der Waals surface area (Å²) in [6.45, 7) is 3.54. The maximum Gasteiger partial charge on any atom is 0.294 e. The number of halogens is 1. The molecule has 0 unspecified atom stereocenters. The van der Waals surface area contributed by atoms with Gasteiger partial charge in [-0.15, -0.1) is 0 Å². The Morgan fingerprint density at radius 3 is 2.76 bits per heavy atom. The molecule has 152 valence electrons. The average molecular weight is 415 g/mol. The molecule has 6 nitrogen and oxygen atoms in total. The number of anilines is 1. The first-order valence-electron chi connectivity index (χ1n) is 9.49. The quantitative estimate of drug-likeness (QED) is 0.529. The lowest BCUT2D eigenvalue weighted by Crippen LogP contribution is -2.44. The summed E-state index contributed by atoms with van der Waals surface area (Å²) in [7, 11) is 0. The maximum atomic E-state index is 13.0. The molecule has 3 rings (SSSR count). The Balaban J connectivity index is 1.77. The van der Waals surface area contributed by atoms with Crippen LogP contribution in [-0.2, 0) is 14.3 Å². The molecule has 7 heteroatoms. The van der Waals surface area contributed by atoms with E-state index in [0.717, 1.165) is 0 Å². The lowest BCUT2D eigenvalue weighted by Gasteiger charge is -2.30. The van der Waals surface area contributed by atoms with Gasteiger partial charge in [-0.3, -0.25) is 14.5 Å². The van der Waals surface area contributed by atoms with Gasteiger partial charge in [0.1, 0.15) is 6.54 Å². The Labute approximate surface area is 175 Å². The molecule has 0 spiro atoms. The smallest absolute Gasteiger partial charge is 0.294 e. The highest BCUT2D eigenvalue weighted by molar-refractivity contribution is 6.32. The van der Waals surface area contributed by atoms with E-state index >= 15 is 0 Å². The summed E-state index contributed by atoms with van der Waals surface area (Å²) in [4.78, 5) is 26.9. The van der Waals surface area contributed by atoms with Gasteiger partial charge in [-0.1, -0.05) is 41.9 Å². The molecule has 1 N–H and O–H groups in total. The summed E-state index contributed by atoms with van der Waals surface area (Å²) in [5.41, 5.74) is 1.22. The standard InChI is InChI=1S/C22H23ClN2O4/c1-2-28-13-7-12-24-21(26)15-25-18-10-5-6-11-19(18)29-20(22(25)27)14-16-8-3-4-9-17(16)23/h3-6,8-11,14H,2,7,12-13,15H2,1H3,(H,24,26)/b20-14+. The van der Waals surface area contributed by atoms with Crippen molar-refractivity contribution in [1.82, 2.24) is 5.32 Å². The summed E-state index contributed by atoms with van der Waals surface area (Å²) < 4.78 is 11.1. The molecule has 0 saturated carbocycles. The molecular weight excluding hydrogens is 392 g/mol. The third-order valence-corrected chi connectivity index (χ3v) is 4.66. The molecule has 0 radical (unpaired) electrons. The number of nitrogens with zero attached hydrogens (tertiary/aromatic N) is 1. The molecule has 0 aliphatic carbocycles. The van der Waals surface area contributed by atoms with E-state index in [1.807, 2.05) is 25.1 Å². The van der Waals surface area contributed by atoms with Gasteiger partial charge in [-0.2, -0.15) is 0 Å². The fourth-order valence-electron chi connectivity index (χ4n) is 2.90. The van der Waals surface area contributed by atoms with E-state index in [1.165, 1.54) is 4.90 Å². The molecule has 0 aromatic heterocycles. The van der Waals surface area contributed by atoms with E-state index < -0.39 is 5.91 Å². The molecular formula is C22H23ClN2O4. The molecule has 29 heavy (non-hydrogen) atoms. The fourth-order valence-corrected chi connectivity index (χ4v) is 3.09. The average Bonchev–Trinajstić information content (AvgIpc) is 2.72. The van der Waals surface area contributed by atoms with E-state index in [1.54, 1.807) is 36.4 Å². The third-order valence-electron chi connectivity index (χ3n) is 4.32. The number of carbonyl (C=O) groups excluding carboxylic acids is 2. The molecule has 0 saturated heterocycles. The van der Waals surface area contributed by atoms with Crippen molar-refractivity contribution in [3.63, 3.8) is 0 Å². The van der Waals surface area contributed by atoms with Crippen molar-refractivity contribution in [3.05, 3.63) is 64.9 Å². The van der Waals surface area contributed by atoms with E-state index in [0.29, 0.717) is 48.2 Å². The topological polar surface area (TPSA) is 67.9 Å². The highest BCUT2D eigenvalue weighted by atomic mass is 35.5. The zero-order valence-electron chi connectivity index (χ0n) is 16.2. The fraction of sp³-hybridized carbons (Fsp3) is 0.273. The summed E-state index contributed by atoms with van der Waals surface area (Å²) >= 11 is 6.21. The second kappa shape index (κ2) is 10.1. The SMILES string of the molecule is CCOCCCNC(=O)CN1C(=O)/C(=C\c2ccccc2Cl)Oc2ccccc21. The molecule has 1 heterocycles. The van der Waals surface area contributed by atoms with Crippen molar-refractivity contribution in [1.29, 1.82) is 0 Å². The van der Waals surface area contributed by atoms with Crippen LogP contribution >= 0.6 is 11.6 Å². The number of ether oxygens (including phenoxy) is 2.